The molecule has 0 spiro atoms. The largest absolute Gasteiger partial charge is 0.395 e. The molecule has 5 heteroatoms. The number of rotatable bonds is 7. The van der Waals surface area contributed by atoms with E-state index in [-0.39, 0.29) is 12.5 Å². The number of carbonyl (C=O) groups excluding carboxylic acids is 1. The van der Waals surface area contributed by atoms with Crippen molar-refractivity contribution in [1.29, 1.82) is 0 Å². The Morgan fingerprint density at radius 3 is 2.89 bits per heavy atom. The third-order valence-corrected chi connectivity index (χ3v) is 2.84. The van der Waals surface area contributed by atoms with E-state index in [9.17, 15) is 4.79 Å². The predicted molar refractivity (Wildman–Crippen MR) is 72.5 cm³/mol. The molecule has 18 heavy (non-hydrogen) atoms. The summed E-state index contributed by atoms with van der Waals surface area (Å²) < 4.78 is 0. The average Bonchev–Trinajstić information content (AvgIpc) is 2.36. The standard InChI is InChI=1S/C13H19ClN2O2/c1-2-16(6-7-17)10-13(18)15-9-11-4-3-5-12(14)8-11/h3-5,8,17H,2,6-7,9-10H2,1H3,(H,15,18). The summed E-state index contributed by atoms with van der Waals surface area (Å²) in [6, 6.07) is 7.39. The summed E-state index contributed by atoms with van der Waals surface area (Å²) in [5.74, 6) is -0.0507. The van der Waals surface area contributed by atoms with E-state index in [1.54, 1.807) is 6.07 Å². The van der Waals surface area contributed by atoms with Gasteiger partial charge in [0.15, 0.2) is 0 Å². The van der Waals surface area contributed by atoms with Gasteiger partial charge in [0.1, 0.15) is 0 Å². The molecule has 0 aliphatic heterocycles. The van der Waals surface area contributed by atoms with Crippen molar-refractivity contribution in [2.24, 2.45) is 0 Å². The van der Waals surface area contributed by atoms with Crippen LogP contribution in [-0.4, -0.2) is 42.2 Å². The van der Waals surface area contributed by atoms with E-state index in [1.165, 1.54) is 0 Å². The maximum Gasteiger partial charge on any atom is 0.234 e. The summed E-state index contributed by atoms with van der Waals surface area (Å²) in [7, 11) is 0. The quantitative estimate of drug-likeness (QED) is 0.785. The third-order valence-electron chi connectivity index (χ3n) is 2.61. The molecule has 0 unspecified atom stereocenters. The van der Waals surface area contributed by atoms with E-state index in [0.29, 0.717) is 24.7 Å². The Morgan fingerprint density at radius 2 is 2.28 bits per heavy atom. The van der Waals surface area contributed by atoms with Crippen LogP contribution in [0.5, 0.6) is 0 Å². The second-order valence-electron chi connectivity index (χ2n) is 4.00. The molecule has 0 radical (unpaired) electrons. The minimum absolute atomic E-state index is 0.0507. The van der Waals surface area contributed by atoms with Crippen LogP contribution in [0.1, 0.15) is 12.5 Å². The molecule has 0 saturated heterocycles. The molecule has 2 N–H and O–H groups in total. The molecule has 4 nitrogen and oxygen atoms in total. The van der Waals surface area contributed by atoms with E-state index in [1.807, 2.05) is 30.0 Å². The topological polar surface area (TPSA) is 52.6 Å². The Kier molecular flexibility index (Phi) is 6.72. The lowest BCUT2D eigenvalue weighted by Gasteiger charge is -2.18. The van der Waals surface area contributed by atoms with Crippen molar-refractivity contribution in [2.45, 2.75) is 13.5 Å². The maximum absolute atomic E-state index is 11.7. The number of aliphatic hydroxyl groups is 1. The van der Waals surface area contributed by atoms with Crippen LogP contribution in [0.25, 0.3) is 0 Å². The summed E-state index contributed by atoms with van der Waals surface area (Å²) in [6.07, 6.45) is 0. The molecule has 1 amide bonds. The number of amides is 1. The van der Waals surface area contributed by atoms with Crippen molar-refractivity contribution < 1.29 is 9.90 Å². The Labute approximate surface area is 113 Å². The minimum atomic E-state index is -0.0507. The zero-order valence-corrected chi connectivity index (χ0v) is 11.3. The fourth-order valence-electron chi connectivity index (χ4n) is 1.60. The third kappa shape index (κ3) is 5.49. The van der Waals surface area contributed by atoms with Gasteiger partial charge in [-0.1, -0.05) is 30.7 Å². The highest BCUT2D eigenvalue weighted by molar-refractivity contribution is 6.30. The van der Waals surface area contributed by atoms with E-state index in [0.717, 1.165) is 12.1 Å². The first-order valence-corrected chi connectivity index (χ1v) is 6.38. The average molecular weight is 271 g/mol. The second kappa shape index (κ2) is 8.08. The van der Waals surface area contributed by atoms with Crippen molar-refractivity contribution >= 4 is 17.5 Å². The van der Waals surface area contributed by atoms with Crippen molar-refractivity contribution in [3.05, 3.63) is 34.9 Å². The number of hydrogen-bond donors (Lipinski definition) is 2. The van der Waals surface area contributed by atoms with Gasteiger partial charge in [-0.15, -0.1) is 0 Å². The number of nitrogens with one attached hydrogen (secondary N) is 1. The van der Waals surface area contributed by atoms with Crippen molar-refractivity contribution in [2.75, 3.05) is 26.2 Å². The van der Waals surface area contributed by atoms with Gasteiger partial charge in [-0.25, -0.2) is 0 Å². The zero-order valence-electron chi connectivity index (χ0n) is 10.5. The van der Waals surface area contributed by atoms with Crippen LogP contribution in [0.4, 0.5) is 0 Å². The lowest BCUT2D eigenvalue weighted by molar-refractivity contribution is -0.122. The highest BCUT2D eigenvalue weighted by Crippen LogP contribution is 2.10. The van der Waals surface area contributed by atoms with Crippen LogP contribution in [0, 0.1) is 0 Å². The first-order chi connectivity index (χ1) is 8.65. The fraction of sp³-hybridized carbons (Fsp3) is 0.462. The molecular formula is C13H19ClN2O2. The predicted octanol–water partition coefficient (Wildman–Crippen LogP) is 1.27. The second-order valence-corrected chi connectivity index (χ2v) is 4.44. The summed E-state index contributed by atoms with van der Waals surface area (Å²) in [6.45, 7) is 4.05. The van der Waals surface area contributed by atoms with Gasteiger partial charge in [-0.05, 0) is 24.2 Å². The van der Waals surface area contributed by atoms with E-state index in [4.69, 9.17) is 16.7 Å². The lowest BCUT2D eigenvalue weighted by atomic mass is 10.2. The molecule has 0 fully saturated rings. The molecule has 0 heterocycles. The molecule has 1 aromatic rings. The molecule has 0 bridgehead atoms. The molecular weight excluding hydrogens is 252 g/mol. The summed E-state index contributed by atoms with van der Waals surface area (Å²) in [5, 5.41) is 12.3. The number of likely N-dealkylation sites (N-methyl/N-ethyl adjacent to an activating group) is 1. The highest BCUT2D eigenvalue weighted by atomic mass is 35.5. The van der Waals surface area contributed by atoms with Gasteiger partial charge in [0, 0.05) is 18.1 Å². The Balaban J connectivity index is 2.36. The van der Waals surface area contributed by atoms with Crippen LogP contribution in [-0.2, 0) is 11.3 Å². The van der Waals surface area contributed by atoms with Gasteiger partial charge >= 0.3 is 0 Å². The monoisotopic (exact) mass is 270 g/mol. The van der Waals surface area contributed by atoms with Crippen LogP contribution < -0.4 is 5.32 Å². The van der Waals surface area contributed by atoms with Gasteiger partial charge < -0.3 is 10.4 Å². The first kappa shape index (κ1) is 15.0. The number of hydrogen-bond acceptors (Lipinski definition) is 3. The normalized spacial score (nSPS) is 10.7. The van der Waals surface area contributed by atoms with Gasteiger partial charge in [0.25, 0.3) is 0 Å². The van der Waals surface area contributed by atoms with E-state index < -0.39 is 0 Å². The SMILES string of the molecule is CCN(CCO)CC(=O)NCc1cccc(Cl)c1. The number of benzene rings is 1. The minimum Gasteiger partial charge on any atom is -0.395 e. The van der Waals surface area contributed by atoms with Crippen LogP contribution >= 0.6 is 11.6 Å². The van der Waals surface area contributed by atoms with Crippen molar-refractivity contribution in [1.82, 2.24) is 10.2 Å². The number of nitrogens with zero attached hydrogens (tertiary/aromatic N) is 1. The van der Waals surface area contributed by atoms with E-state index >= 15 is 0 Å². The first-order valence-electron chi connectivity index (χ1n) is 6.00. The zero-order chi connectivity index (χ0) is 13.4. The highest BCUT2D eigenvalue weighted by Gasteiger charge is 2.07. The number of aliphatic hydroxyl groups excluding tert-OH is 1. The maximum atomic E-state index is 11.7. The Hall–Kier alpha value is -1.10. The number of halogens is 1. The molecule has 1 rings (SSSR count). The smallest absolute Gasteiger partial charge is 0.234 e. The van der Waals surface area contributed by atoms with Crippen molar-refractivity contribution in [3.8, 4) is 0 Å². The van der Waals surface area contributed by atoms with Gasteiger partial charge in [0.05, 0.1) is 13.2 Å². The molecule has 1 aromatic carbocycles. The summed E-state index contributed by atoms with van der Waals surface area (Å²) in [4.78, 5) is 13.6. The van der Waals surface area contributed by atoms with Crippen LogP contribution in [0.2, 0.25) is 5.02 Å². The van der Waals surface area contributed by atoms with Crippen molar-refractivity contribution in [3.63, 3.8) is 0 Å². The Bertz CT molecular complexity index is 385. The number of carbonyl (C=O) groups is 1. The van der Waals surface area contributed by atoms with Crippen LogP contribution in [0.15, 0.2) is 24.3 Å². The Morgan fingerprint density at radius 1 is 1.50 bits per heavy atom. The molecule has 0 saturated carbocycles. The van der Waals surface area contributed by atoms with E-state index in [2.05, 4.69) is 5.32 Å². The fourth-order valence-corrected chi connectivity index (χ4v) is 1.81. The summed E-state index contributed by atoms with van der Waals surface area (Å²) >= 11 is 5.86. The van der Waals surface area contributed by atoms with Gasteiger partial charge in [0.2, 0.25) is 5.91 Å². The summed E-state index contributed by atoms with van der Waals surface area (Å²) in [5.41, 5.74) is 0.973. The molecule has 0 aromatic heterocycles. The molecule has 100 valence electrons. The van der Waals surface area contributed by atoms with Crippen LogP contribution in [0.3, 0.4) is 0 Å². The molecule has 0 aliphatic carbocycles. The molecule has 0 aliphatic rings. The van der Waals surface area contributed by atoms with Gasteiger partial charge in [-0.3, -0.25) is 9.69 Å². The molecule has 0 atom stereocenters. The van der Waals surface area contributed by atoms with Gasteiger partial charge in [-0.2, -0.15) is 0 Å². The lowest BCUT2D eigenvalue weighted by Crippen LogP contribution is -2.38.